The van der Waals surface area contributed by atoms with Gasteiger partial charge < -0.3 is 0 Å². The van der Waals surface area contributed by atoms with Crippen LogP contribution in [0.3, 0.4) is 0 Å². The second-order valence-electron chi connectivity index (χ2n) is 5.59. The summed E-state index contributed by atoms with van der Waals surface area (Å²) in [4.78, 5) is 13.8. The van der Waals surface area contributed by atoms with Gasteiger partial charge in [-0.3, -0.25) is 4.90 Å². The predicted molar refractivity (Wildman–Crippen MR) is 98.3 cm³/mol. The fourth-order valence-electron chi connectivity index (χ4n) is 3.10. The van der Waals surface area contributed by atoms with Crippen LogP contribution in [0.5, 0.6) is 0 Å². The van der Waals surface area contributed by atoms with Crippen molar-refractivity contribution < 1.29 is 0 Å². The molecule has 3 aromatic carbocycles. The SMILES string of the molecule is c1ccc2c(c1)Sc1ccccc1N2c1ncnc2ccccc12. The van der Waals surface area contributed by atoms with E-state index in [1.54, 1.807) is 18.1 Å². The maximum Gasteiger partial charge on any atom is 0.148 e. The molecule has 0 aliphatic carbocycles. The summed E-state index contributed by atoms with van der Waals surface area (Å²) in [6.45, 7) is 0. The minimum Gasteiger partial charge on any atom is -0.292 e. The smallest absolute Gasteiger partial charge is 0.148 e. The molecule has 0 radical (unpaired) electrons. The van der Waals surface area contributed by atoms with E-state index in [4.69, 9.17) is 0 Å². The van der Waals surface area contributed by atoms with E-state index in [-0.39, 0.29) is 0 Å². The number of aromatic nitrogens is 2. The minimum atomic E-state index is 0.917. The predicted octanol–water partition coefficient (Wildman–Crippen LogP) is 5.56. The molecule has 114 valence electrons. The zero-order chi connectivity index (χ0) is 15.9. The van der Waals surface area contributed by atoms with Crippen LogP contribution in [0.15, 0.2) is 88.9 Å². The molecule has 2 heterocycles. The van der Waals surface area contributed by atoms with Gasteiger partial charge in [-0.2, -0.15) is 0 Å². The van der Waals surface area contributed by atoms with Crippen LogP contribution in [0.1, 0.15) is 0 Å². The van der Waals surface area contributed by atoms with E-state index >= 15 is 0 Å². The molecule has 5 rings (SSSR count). The Labute approximate surface area is 144 Å². The highest BCUT2D eigenvalue weighted by Crippen LogP contribution is 2.51. The van der Waals surface area contributed by atoms with Crippen molar-refractivity contribution in [3.63, 3.8) is 0 Å². The Morgan fingerprint density at radius 1 is 0.667 bits per heavy atom. The normalized spacial score (nSPS) is 12.8. The Balaban J connectivity index is 1.84. The van der Waals surface area contributed by atoms with Crippen molar-refractivity contribution in [3.05, 3.63) is 79.1 Å². The van der Waals surface area contributed by atoms with E-state index in [9.17, 15) is 0 Å². The Morgan fingerprint density at radius 2 is 1.29 bits per heavy atom. The fraction of sp³-hybridized carbons (Fsp3) is 0. The van der Waals surface area contributed by atoms with Crippen LogP contribution in [0, 0.1) is 0 Å². The van der Waals surface area contributed by atoms with Gasteiger partial charge in [-0.25, -0.2) is 9.97 Å². The largest absolute Gasteiger partial charge is 0.292 e. The van der Waals surface area contributed by atoms with Gasteiger partial charge in [-0.05, 0) is 36.4 Å². The van der Waals surface area contributed by atoms with Crippen molar-refractivity contribution in [2.45, 2.75) is 9.79 Å². The van der Waals surface area contributed by atoms with Crippen molar-refractivity contribution in [1.29, 1.82) is 0 Å². The third-order valence-corrected chi connectivity index (χ3v) is 5.30. The molecule has 4 aromatic rings. The highest BCUT2D eigenvalue weighted by Gasteiger charge is 2.26. The van der Waals surface area contributed by atoms with Crippen molar-refractivity contribution in [1.82, 2.24) is 9.97 Å². The van der Waals surface area contributed by atoms with Crippen LogP contribution >= 0.6 is 11.8 Å². The maximum absolute atomic E-state index is 4.63. The number of fused-ring (bicyclic) bond motifs is 3. The second-order valence-corrected chi connectivity index (χ2v) is 6.67. The molecule has 0 saturated heterocycles. The van der Waals surface area contributed by atoms with Gasteiger partial charge in [0.15, 0.2) is 0 Å². The highest BCUT2D eigenvalue weighted by atomic mass is 32.2. The average Bonchev–Trinajstić information content (AvgIpc) is 2.66. The highest BCUT2D eigenvalue weighted by molar-refractivity contribution is 7.99. The summed E-state index contributed by atoms with van der Waals surface area (Å²) < 4.78 is 0. The number of para-hydroxylation sites is 3. The molecule has 1 aliphatic heterocycles. The van der Waals surface area contributed by atoms with Gasteiger partial charge in [0.25, 0.3) is 0 Å². The van der Waals surface area contributed by atoms with E-state index in [2.05, 4.69) is 69.5 Å². The summed E-state index contributed by atoms with van der Waals surface area (Å²) in [5.74, 6) is 0.917. The molecule has 24 heavy (non-hydrogen) atoms. The van der Waals surface area contributed by atoms with Gasteiger partial charge in [0.1, 0.15) is 12.1 Å². The fourth-order valence-corrected chi connectivity index (χ4v) is 4.16. The van der Waals surface area contributed by atoms with Crippen LogP contribution in [0.2, 0.25) is 0 Å². The first-order valence-electron chi connectivity index (χ1n) is 7.77. The summed E-state index contributed by atoms with van der Waals surface area (Å²) in [5.41, 5.74) is 3.27. The van der Waals surface area contributed by atoms with Gasteiger partial charge in [0.05, 0.1) is 16.9 Å². The molecule has 0 atom stereocenters. The van der Waals surface area contributed by atoms with E-state index < -0.39 is 0 Å². The molecule has 0 amide bonds. The molecule has 1 aromatic heterocycles. The molecule has 3 nitrogen and oxygen atoms in total. The lowest BCUT2D eigenvalue weighted by Gasteiger charge is -2.32. The van der Waals surface area contributed by atoms with E-state index in [0.717, 1.165) is 28.1 Å². The van der Waals surface area contributed by atoms with Crippen molar-refractivity contribution in [3.8, 4) is 0 Å². The standard InChI is InChI=1S/C20H13N3S/c1-2-8-15-14(7-1)20(22-13-21-15)23-16-9-3-5-11-18(16)24-19-12-6-4-10-17(19)23/h1-13H. The number of hydrogen-bond donors (Lipinski definition) is 0. The maximum atomic E-state index is 4.63. The third-order valence-electron chi connectivity index (χ3n) is 4.17. The molecule has 1 aliphatic rings. The van der Waals surface area contributed by atoms with Crippen LogP contribution in [-0.2, 0) is 0 Å². The van der Waals surface area contributed by atoms with Gasteiger partial charge in [0.2, 0.25) is 0 Å². The lowest BCUT2D eigenvalue weighted by atomic mass is 10.1. The van der Waals surface area contributed by atoms with Crippen molar-refractivity contribution >= 4 is 39.9 Å². The monoisotopic (exact) mass is 327 g/mol. The summed E-state index contributed by atoms with van der Waals surface area (Å²) in [7, 11) is 0. The molecular weight excluding hydrogens is 314 g/mol. The zero-order valence-electron chi connectivity index (χ0n) is 12.8. The summed E-state index contributed by atoms with van der Waals surface area (Å²) in [5, 5.41) is 1.05. The van der Waals surface area contributed by atoms with Crippen LogP contribution in [-0.4, -0.2) is 9.97 Å². The Hall–Kier alpha value is -2.85. The van der Waals surface area contributed by atoms with E-state index in [1.807, 2.05) is 18.2 Å². The van der Waals surface area contributed by atoms with Gasteiger partial charge in [-0.1, -0.05) is 48.2 Å². The molecule has 0 bridgehead atoms. The molecule has 4 heteroatoms. The number of hydrogen-bond acceptors (Lipinski definition) is 4. The quantitative estimate of drug-likeness (QED) is 0.403. The summed E-state index contributed by atoms with van der Waals surface area (Å²) in [6, 6.07) is 25.1. The number of rotatable bonds is 1. The van der Waals surface area contributed by atoms with E-state index in [1.165, 1.54) is 9.79 Å². The zero-order valence-corrected chi connectivity index (χ0v) is 13.6. The molecular formula is C20H13N3S. The van der Waals surface area contributed by atoms with Crippen LogP contribution in [0.4, 0.5) is 17.2 Å². The lowest BCUT2D eigenvalue weighted by molar-refractivity contribution is 1.10. The Morgan fingerprint density at radius 3 is 2.04 bits per heavy atom. The first-order valence-corrected chi connectivity index (χ1v) is 8.59. The average molecular weight is 327 g/mol. The molecule has 0 fully saturated rings. The molecule has 0 spiro atoms. The number of benzene rings is 3. The molecule has 0 unspecified atom stereocenters. The van der Waals surface area contributed by atoms with Crippen LogP contribution in [0.25, 0.3) is 10.9 Å². The van der Waals surface area contributed by atoms with E-state index in [0.29, 0.717) is 0 Å². The topological polar surface area (TPSA) is 29.0 Å². The Bertz CT molecular complexity index is 1010. The number of nitrogens with zero attached hydrogens (tertiary/aromatic N) is 3. The second kappa shape index (κ2) is 5.35. The summed E-state index contributed by atoms with van der Waals surface area (Å²) in [6.07, 6.45) is 1.64. The Kier molecular flexibility index (Phi) is 3.03. The van der Waals surface area contributed by atoms with Gasteiger partial charge in [-0.15, -0.1) is 0 Å². The molecule has 0 N–H and O–H groups in total. The first-order chi connectivity index (χ1) is 11.9. The lowest BCUT2D eigenvalue weighted by Crippen LogP contribution is -2.16. The van der Waals surface area contributed by atoms with Gasteiger partial charge in [0, 0.05) is 15.2 Å². The summed E-state index contributed by atoms with van der Waals surface area (Å²) >= 11 is 1.80. The van der Waals surface area contributed by atoms with Crippen LogP contribution < -0.4 is 4.90 Å². The van der Waals surface area contributed by atoms with Gasteiger partial charge >= 0.3 is 0 Å². The number of anilines is 3. The first kappa shape index (κ1) is 13.6. The third kappa shape index (κ3) is 2.00. The van der Waals surface area contributed by atoms with Crippen molar-refractivity contribution in [2.24, 2.45) is 0 Å². The van der Waals surface area contributed by atoms with Crippen molar-refractivity contribution in [2.75, 3.05) is 4.90 Å². The molecule has 0 saturated carbocycles. The minimum absolute atomic E-state index is 0.917.